The fraction of sp³-hybridized carbons (Fsp3) is 0.353. The quantitative estimate of drug-likeness (QED) is 0.374. The van der Waals surface area contributed by atoms with Crippen molar-refractivity contribution in [1.29, 1.82) is 0 Å². The van der Waals surface area contributed by atoms with Crippen molar-refractivity contribution >= 4 is 23.5 Å². The number of fused-ring (bicyclic) bond motifs is 5. The zero-order valence-electron chi connectivity index (χ0n) is 12.8. The van der Waals surface area contributed by atoms with Crippen LogP contribution >= 0.6 is 0 Å². The summed E-state index contributed by atoms with van der Waals surface area (Å²) < 4.78 is 10.7. The Morgan fingerprint density at radius 1 is 1.38 bits per heavy atom. The van der Waals surface area contributed by atoms with E-state index < -0.39 is 35.4 Å². The monoisotopic (exact) mass is 329 g/mol. The molecule has 1 aromatic rings. The lowest BCUT2D eigenvalue weighted by molar-refractivity contribution is -0.132. The van der Waals surface area contributed by atoms with E-state index in [4.69, 9.17) is 9.47 Å². The SMILES string of the molecule is CC(=O)Oc1cccc(N2C(=O)[C@@H]3[C@@H]4C=C[C@@](CO)(O4)[C@@H]3C2=O)c1. The number of hydrogen-bond acceptors (Lipinski definition) is 6. The van der Waals surface area contributed by atoms with Gasteiger partial charge in [-0.15, -0.1) is 0 Å². The van der Waals surface area contributed by atoms with Crippen molar-refractivity contribution in [3.8, 4) is 5.75 Å². The van der Waals surface area contributed by atoms with Crippen LogP contribution in [0, 0.1) is 11.8 Å². The number of hydrogen-bond donors (Lipinski definition) is 1. The third kappa shape index (κ3) is 1.88. The first-order valence-electron chi connectivity index (χ1n) is 7.61. The van der Waals surface area contributed by atoms with Gasteiger partial charge in [0.25, 0.3) is 0 Å². The standard InChI is InChI=1S/C17H15NO6/c1-9(20)23-11-4-2-3-10(7-11)18-15(21)13-12-5-6-17(8-19,24-12)14(13)16(18)22/h2-7,12-14,19H,8H2,1H3/t12-,13+,14-,17-/m0/s1. The molecule has 2 saturated heterocycles. The summed E-state index contributed by atoms with van der Waals surface area (Å²) in [6, 6.07) is 6.25. The summed E-state index contributed by atoms with van der Waals surface area (Å²) in [5.41, 5.74) is -0.782. The number of nitrogens with zero attached hydrogens (tertiary/aromatic N) is 1. The van der Waals surface area contributed by atoms with Crippen LogP contribution in [0.15, 0.2) is 36.4 Å². The van der Waals surface area contributed by atoms with E-state index in [2.05, 4.69) is 0 Å². The van der Waals surface area contributed by atoms with E-state index >= 15 is 0 Å². The second-order valence-electron chi connectivity index (χ2n) is 6.16. The summed E-state index contributed by atoms with van der Waals surface area (Å²) in [5.74, 6) is -2.38. The number of carbonyl (C=O) groups excluding carboxylic acids is 3. The van der Waals surface area contributed by atoms with Crippen molar-refractivity contribution in [2.45, 2.75) is 18.6 Å². The average Bonchev–Trinajstić information content (AvgIpc) is 3.18. The Bertz CT molecular complexity index is 787. The predicted molar refractivity (Wildman–Crippen MR) is 81.1 cm³/mol. The van der Waals surface area contributed by atoms with Gasteiger partial charge in [-0.05, 0) is 12.1 Å². The number of imide groups is 1. The number of amides is 2. The van der Waals surface area contributed by atoms with E-state index in [0.29, 0.717) is 5.69 Å². The van der Waals surface area contributed by atoms with Crippen LogP contribution < -0.4 is 9.64 Å². The molecule has 0 radical (unpaired) electrons. The second kappa shape index (κ2) is 4.99. The Morgan fingerprint density at radius 3 is 2.88 bits per heavy atom. The van der Waals surface area contributed by atoms with Crippen LogP contribution in [-0.4, -0.2) is 41.2 Å². The normalized spacial score (nSPS) is 33.2. The molecule has 2 bridgehead atoms. The minimum Gasteiger partial charge on any atom is -0.427 e. The molecular weight excluding hydrogens is 314 g/mol. The third-order valence-electron chi connectivity index (χ3n) is 4.74. The Labute approximate surface area is 137 Å². The first kappa shape index (κ1) is 15.0. The number of rotatable bonds is 3. The number of benzene rings is 1. The number of aliphatic hydroxyl groups excluding tert-OH is 1. The molecule has 0 spiro atoms. The summed E-state index contributed by atoms with van der Waals surface area (Å²) in [6.45, 7) is 0.913. The van der Waals surface area contributed by atoms with E-state index in [1.54, 1.807) is 30.4 Å². The smallest absolute Gasteiger partial charge is 0.308 e. The molecule has 1 N–H and O–H groups in total. The van der Waals surface area contributed by atoms with Gasteiger partial charge in [0.1, 0.15) is 11.4 Å². The van der Waals surface area contributed by atoms with Crippen molar-refractivity contribution in [2.75, 3.05) is 11.5 Å². The van der Waals surface area contributed by atoms with E-state index in [-0.39, 0.29) is 18.3 Å². The molecule has 4 atom stereocenters. The van der Waals surface area contributed by atoms with E-state index in [1.807, 2.05) is 0 Å². The Hall–Kier alpha value is -2.51. The molecule has 7 heteroatoms. The highest BCUT2D eigenvalue weighted by Gasteiger charge is 2.67. The van der Waals surface area contributed by atoms with Crippen molar-refractivity contribution in [2.24, 2.45) is 11.8 Å². The molecule has 4 rings (SSSR count). The maximum atomic E-state index is 12.9. The largest absolute Gasteiger partial charge is 0.427 e. The predicted octanol–water partition coefficient (Wildman–Crippen LogP) is 0.417. The van der Waals surface area contributed by atoms with Crippen LogP contribution in [0.5, 0.6) is 5.75 Å². The lowest BCUT2D eigenvalue weighted by Crippen LogP contribution is -2.43. The molecule has 0 saturated carbocycles. The number of aliphatic hydroxyl groups is 1. The molecule has 3 heterocycles. The summed E-state index contributed by atoms with van der Waals surface area (Å²) in [7, 11) is 0. The molecule has 2 amide bonds. The molecule has 0 unspecified atom stereocenters. The zero-order valence-corrected chi connectivity index (χ0v) is 12.8. The molecule has 0 aliphatic carbocycles. The topological polar surface area (TPSA) is 93.1 Å². The molecule has 0 aromatic heterocycles. The van der Waals surface area contributed by atoms with Crippen LogP contribution in [0.25, 0.3) is 0 Å². The lowest BCUT2D eigenvalue weighted by atomic mass is 9.77. The van der Waals surface area contributed by atoms with Crippen LogP contribution in [0.3, 0.4) is 0 Å². The van der Waals surface area contributed by atoms with Gasteiger partial charge in [-0.1, -0.05) is 18.2 Å². The fourth-order valence-corrected chi connectivity index (χ4v) is 3.79. The van der Waals surface area contributed by atoms with Crippen molar-refractivity contribution in [3.63, 3.8) is 0 Å². The first-order chi connectivity index (χ1) is 11.5. The molecule has 3 aliphatic rings. The summed E-state index contributed by atoms with van der Waals surface area (Å²) in [4.78, 5) is 37.8. The van der Waals surface area contributed by atoms with E-state index in [1.165, 1.54) is 13.0 Å². The number of anilines is 1. The second-order valence-corrected chi connectivity index (χ2v) is 6.16. The van der Waals surface area contributed by atoms with Crippen molar-refractivity contribution in [1.82, 2.24) is 0 Å². The maximum absolute atomic E-state index is 12.9. The van der Waals surface area contributed by atoms with E-state index in [0.717, 1.165) is 4.90 Å². The van der Waals surface area contributed by atoms with Crippen LogP contribution in [0.4, 0.5) is 5.69 Å². The summed E-state index contributed by atoms with van der Waals surface area (Å²) >= 11 is 0. The van der Waals surface area contributed by atoms with Crippen molar-refractivity contribution in [3.05, 3.63) is 36.4 Å². The average molecular weight is 329 g/mol. The van der Waals surface area contributed by atoms with Gasteiger partial charge in [0.2, 0.25) is 11.8 Å². The number of esters is 1. The van der Waals surface area contributed by atoms with Crippen LogP contribution in [-0.2, 0) is 19.1 Å². The van der Waals surface area contributed by atoms with Gasteiger partial charge >= 0.3 is 5.97 Å². The first-order valence-corrected chi connectivity index (χ1v) is 7.61. The molecule has 1 aromatic carbocycles. The highest BCUT2D eigenvalue weighted by Crippen LogP contribution is 2.52. The summed E-state index contributed by atoms with van der Waals surface area (Å²) in [5, 5.41) is 9.68. The minimum absolute atomic E-state index is 0.256. The lowest BCUT2D eigenvalue weighted by Gasteiger charge is -2.26. The van der Waals surface area contributed by atoms with Crippen LogP contribution in [0.1, 0.15) is 6.92 Å². The molecule has 7 nitrogen and oxygen atoms in total. The van der Waals surface area contributed by atoms with E-state index in [9.17, 15) is 19.5 Å². The minimum atomic E-state index is -1.12. The fourth-order valence-electron chi connectivity index (χ4n) is 3.79. The Morgan fingerprint density at radius 2 is 2.17 bits per heavy atom. The number of ether oxygens (including phenoxy) is 2. The van der Waals surface area contributed by atoms with Crippen molar-refractivity contribution < 1.29 is 29.0 Å². The van der Waals surface area contributed by atoms with Gasteiger partial charge in [0.05, 0.1) is 30.2 Å². The Balaban J connectivity index is 1.71. The van der Waals surface area contributed by atoms with Crippen LogP contribution in [0.2, 0.25) is 0 Å². The highest BCUT2D eigenvalue weighted by molar-refractivity contribution is 6.23. The summed E-state index contributed by atoms with van der Waals surface area (Å²) in [6.07, 6.45) is 2.89. The highest BCUT2D eigenvalue weighted by atomic mass is 16.5. The molecule has 124 valence electrons. The van der Waals surface area contributed by atoms with Gasteiger partial charge < -0.3 is 14.6 Å². The van der Waals surface area contributed by atoms with Gasteiger partial charge in [0, 0.05) is 13.0 Å². The molecule has 24 heavy (non-hydrogen) atoms. The van der Waals surface area contributed by atoms with Gasteiger partial charge in [-0.25, -0.2) is 4.90 Å². The zero-order chi connectivity index (χ0) is 17.1. The Kier molecular flexibility index (Phi) is 3.13. The third-order valence-corrected chi connectivity index (χ3v) is 4.74. The van der Waals surface area contributed by atoms with Gasteiger partial charge in [-0.3, -0.25) is 14.4 Å². The number of carbonyl (C=O) groups is 3. The maximum Gasteiger partial charge on any atom is 0.308 e. The molecular formula is C17H15NO6. The van der Waals surface area contributed by atoms with Gasteiger partial charge in [0.15, 0.2) is 0 Å². The molecule has 2 fully saturated rings. The molecule has 3 aliphatic heterocycles. The van der Waals surface area contributed by atoms with Gasteiger partial charge in [-0.2, -0.15) is 0 Å².